The summed E-state index contributed by atoms with van der Waals surface area (Å²) in [6, 6.07) is -0.753. The lowest BCUT2D eigenvalue weighted by molar-refractivity contribution is -0.197. The predicted molar refractivity (Wildman–Crippen MR) is 164 cm³/mol. The molecule has 1 atom stereocenters. The monoisotopic (exact) mass is 639 g/mol. The fraction of sp³-hybridized carbons (Fsp3) is 0.781. The Balaban J connectivity index is 2.06. The van der Waals surface area contributed by atoms with E-state index in [2.05, 4.69) is 15.4 Å². The Kier molecular flexibility index (Phi) is 21.7. The molecular weight excluding hydrogens is 586 g/mol. The molecule has 1 aliphatic heterocycles. The topological polar surface area (TPSA) is 174 Å². The highest BCUT2D eigenvalue weighted by Crippen LogP contribution is 2.14. The zero-order chi connectivity index (χ0) is 33.3. The lowest BCUT2D eigenvalue weighted by Crippen LogP contribution is -2.41. The van der Waals surface area contributed by atoms with Crippen molar-refractivity contribution >= 4 is 41.5 Å². The lowest BCUT2D eigenvalue weighted by atomic mass is 10.0. The summed E-state index contributed by atoms with van der Waals surface area (Å²) in [5.41, 5.74) is 0. The summed E-state index contributed by atoms with van der Waals surface area (Å²) < 4.78 is 9.47. The highest BCUT2D eigenvalue weighted by atomic mass is 16.7. The molecule has 13 nitrogen and oxygen atoms in total. The molecule has 2 N–H and O–H groups in total. The molecule has 1 fully saturated rings. The molecule has 1 rings (SSSR count). The van der Waals surface area contributed by atoms with Gasteiger partial charge in [0.2, 0.25) is 11.8 Å². The number of esters is 2. The molecule has 1 aliphatic rings. The van der Waals surface area contributed by atoms with Crippen LogP contribution in [0.15, 0.2) is 0 Å². The number of rotatable bonds is 26. The van der Waals surface area contributed by atoms with Crippen molar-refractivity contribution in [1.29, 1.82) is 0 Å². The van der Waals surface area contributed by atoms with Crippen molar-refractivity contribution in [1.82, 2.24) is 15.7 Å². The van der Waals surface area contributed by atoms with Gasteiger partial charge in [0.15, 0.2) is 0 Å². The van der Waals surface area contributed by atoms with E-state index < -0.39 is 29.8 Å². The second-order valence-corrected chi connectivity index (χ2v) is 11.4. The van der Waals surface area contributed by atoms with Gasteiger partial charge in [-0.2, -0.15) is 0 Å². The van der Waals surface area contributed by atoms with E-state index in [0.717, 1.165) is 44.9 Å². The Morgan fingerprint density at radius 3 is 1.69 bits per heavy atom. The maximum absolute atomic E-state index is 12.4. The zero-order valence-corrected chi connectivity index (χ0v) is 27.2. The molecule has 0 radical (unpaired) electrons. The van der Waals surface area contributed by atoms with E-state index in [1.807, 2.05) is 0 Å². The number of unbranched alkanes of at least 4 members (excludes halogenated alkanes) is 12. The van der Waals surface area contributed by atoms with E-state index in [4.69, 9.17) is 9.57 Å². The summed E-state index contributed by atoms with van der Waals surface area (Å²) in [5, 5.41) is 5.88. The number of ether oxygens (including phenoxy) is 2. The summed E-state index contributed by atoms with van der Waals surface area (Å²) in [6.07, 6.45) is 15.0. The first-order valence-corrected chi connectivity index (χ1v) is 16.4. The van der Waals surface area contributed by atoms with Gasteiger partial charge in [0.05, 0.1) is 20.6 Å². The molecule has 1 unspecified atom stereocenters. The van der Waals surface area contributed by atoms with Gasteiger partial charge in [0, 0.05) is 38.6 Å². The van der Waals surface area contributed by atoms with E-state index in [9.17, 15) is 33.6 Å². The molecule has 256 valence electrons. The van der Waals surface area contributed by atoms with Gasteiger partial charge in [-0.1, -0.05) is 64.2 Å². The Bertz CT molecular complexity index is 939. The van der Waals surface area contributed by atoms with Crippen LogP contribution >= 0.6 is 0 Å². The first kappa shape index (κ1) is 39.5. The minimum absolute atomic E-state index is 0.000898. The molecule has 0 aromatic rings. The molecule has 0 spiro atoms. The number of amides is 4. The Morgan fingerprint density at radius 2 is 1.16 bits per heavy atom. The summed E-state index contributed by atoms with van der Waals surface area (Å²) in [6.45, 7) is 0.317. The number of hydrogen-bond donors (Lipinski definition) is 2. The van der Waals surface area contributed by atoms with E-state index in [1.54, 1.807) is 0 Å². The normalized spacial score (nSPS) is 13.3. The van der Waals surface area contributed by atoms with Crippen LogP contribution in [0.1, 0.15) is 135 Å². The number of carbonyl (C=O) groups excluding carboxylic acids is 7. The van der Waals surface area contributed by atoms with Crippen LogP contribution in [0.25, 0.3) is 0 Å². The van der Waals surface area contributed by atoms with Crippen molar-refractivity contribution in [2.75, 3.05) is 20.8 Å². The van der Waals surface area contributed by atoms with Crippen LogP contribution in [0.3, 0.4) is 0 Å². The van der Waals surface area contributed by atoms with Crippen molar-refractivity contribution in [3.8, 4) is 0 Å². The molecule has 0 aliphatic carbocycles. The summed E-state index contributed by atoms with van der Waals surface area (Å²) >= 11 is 0. The minimum atomic E-state index is -0.839. The smallest absolute Gasteiger partial charge is 0.333 e. The van der Waals surface area contributed by atoms with Crippen molar-refractivity contribution in [3.63, 3.8) is 0 Å². The average Bonchev–Trinajstić information content (AvgIpc) is 3.34. The van der Waals surface area contributed by atoms with Crippen molar-refractivity contribution in [2.45, 2.75) is 141 Å². The molecule has 45 heavy (non-hydrogen) atoms. The largest absolute Gasteiger partial charge is 0.469 e. The van der Waals surface area contributed by atoms with Crippen LogP contribution < -0.4 is 10.6 Å². The van der Waals surface area contributed by atoms with Crippen LogP contribution in [0.5, 0.6) is 0 Å². The van der Waals surface area contributed by atoms with Crippen LogP contribution in [0.2, 0.25) is 0 Å². The second kappa shape index (κ2) is 24.8. The van der Waals surface area contributed by atoms with E-state index >= 15 is 0 Å². The summed E-state index contributed by atoms with van der Waals surface area (Å²) in [4.78, 5) is 87.1. The molecule has 13 heteroatoms. The number of carbonyl (C=O) groups is 7. The van der Waals surface area contributed by atoms with Gasteiger partial charge < -0.3 is 24.9 Å². The minimum Gasteiger partial charge on any atom is -0.469 e. The van der Waals surface area contributed by atoms with Crippen LogP contribution in [0, 0.1) is 0 Å². The predicted octanol–water partition coefficient (Wildman–Crippen LogP) is 3.95. The third-order valence-corrected chi connectivity index (χ3v) is 7.58. The molecule has 4 amide bonds. The molecule has 1 heterocycles. The maximum Gasteiger partial charge on any atom is 0.333 e. The number of hydrogen-bond acceptors (Lipinski definition) is 10. The molecular formula is C32H53N3O10. The average molecular weight is 640 g/mol. The zero-order valence-electron chi connectivity index (χ0n) is 27.2. The lowest BCUT2D eigenvalue weighted by Gasteiger charge is -2.16. The first-order valence-electron chi connectivity index (χ1n) is 16.4. The molecule has 0 saturated carbocycles. The maximum atomic E-state index is 12.4. The van der Waals surface area contributed by atoms with Gasteiger partial charge in [0.1, 0.15) is 6.04 Å². The van der Waals surface area contributed by atoms with E-state index in [1.165, 1.54) is 46.3 Å². The number of nitrogens with zero attached hydrogens (tertiary/aromatic N) is 1. The third kappa shape index (κ3) is 19.5. The van der Waals surface area contributed by atoms with Gasteiger partial charge in [-0.25, -0.2) is 9.59 Å². The Morgan fingerprint density at radius 1 is 0.622 bits per heavy atom. The fourth-order valence-corrected chi connectivity index (χ4v) is 4.89. The number of imide groups is 1. The van der Waals surface area contributed by atoms with E-state index in [0.29, 0.717) is 43.7 Å². The molecule has 1 saturated heterocycles. The standard InChI is InChI=1S/C32H53N3O10/c1-43-30(40)19-14-12-10-8-6-4-3-5-7-9-11-13-18-27(37)34-25(32(42)44-2)17-15-16-24-33-26(36)20-23-31(41)45-35-28(38)21-22-29(35)39/h25H,3-24H2,1-2H3,(H,33,36)(H,34,37). The second-order valence-electron chi connectivity index (χ2n) is 11.4. The highest BCUT2D eigenvalue weighted by Gasteiger charge is 2.32. The number of nitrogens with one attached hydrogen (secondary N) is 2. The Hall–Kier alpha value is -3.51. The molecule has 0 bridgehead atoms. The third-order valence-electron chi connectivity index (χ3n) is 7.58. The van der Waals surface area contributed by atoms with Crippen LogP contribution in [0.4, 0.5) is 0 Å². The molecule has 0 aromatic carbocycles. The quantitative estimate of drug-likeness (QED) is 0.0801. The van der Waals surface area contributed by atoms with Crippen LogP contribution in [-0.2, 0) is 47.9 Å². The van der Waals surface area contributed by atoms with Crippen molar-refractivity contribution in [3.05, 3.63) is 0 Å². The first-order chi connectivity index (χ1) is 21.7. The Labute approximate surface area is 266 Å². The summed E-state index contributed by atoms with van der Waals surface area (Å²) in [5.74, 6) is -3.21. The van der Waals surface area contributed by atoms with Gasteiger partial charge in [-0.05, 0) is 32.1 Å². The van der Waals surface area contributed by atoms with Crippen molar-refractivity contribution in [2.24, 2.45) is 0 Å². The van der Waals surface area contributed by atoms with Gasteiger partial charge >= 0.3 is 17.9 Å². The fourth-order valence-electron chi connectivity index (χ4n) is 4.89. The van der Waals surface area contributed by atoms with Crippen molar-refractivity contribution < 1.29 is 47.9 Å². The van der Waals surface area contributed by atoms with E-state index in [-0.39, 0.29) is 43.5 Å². The van der Waals surface area contributed by atoms with Gasteiger partial charge in [0.25, 0.3) is 11.8 Å². The number of hydroxylamine groups is 2. The van der Waals surface area contributed by atoms with Gasteiger partial charge in [-0.15, -0.1) is 5.06 Å². The molecule has 0 aromatic heterocycles. The van der Waals surface area contributed by atoms with Gasteiger partial charge in [-0.3, -0.25) is 24.0 Å². The summed E-state index contributed by atoms with van der Waals surface area (Å²) in [7, 11) is 2.70. The highest BCUT2D eigenvalue weighted by molar-refractivity contribution is 6.01. The van der Waals surface area contributed by atoms with Crippen LogP contribution in [-0.4, -0.2) is 73.4 Å². The SMILES string of the molecule is COC(=O)CCCCCCCCCCCCCCC(=O)NC(CCCCNC(=O)CCC(=O)ON1C(=O)CCC1=O)C(=O)OC. The number of methoxy groups -OCH3 is 2.